The molecular formula is C24H39N3O4S. The van der Waals surface area contributed by atoms with Gasteiger partial charge in [-0.3, -0.25) is 9.59 Å². The molecule has 0 saturated heterocycles. The molecule has 8 heteroatoms. The summed E-state index contributed by atoms with van der Waals surface area (Å²) in [6, 6.07) is 5.46. The standard InChI is InChI=1S/C24H39N3O4S/c1-8-9-14-25-21(28)20(18-13-11-10-12-17(18)4)27(16(2)3)22(29)19(15-32)26-23(30)31-24(5,6)7/h10-13,16,19-20,32H,8-9,14-15H2,1-7H3,(H,25,28)(H,26,30). The van der Waals surface area contributed by atoms with Gasteiger partial charge in [-0.1, -0.05) is 37.6 Å². The van der Waals surface area contributed by atoms with Gasteiger partial charge in [0.05, 0.1) is 0 Å². The molecule has 32 heavy (non-hydrogen) atoms. The van der Waals surface area contributed by atoms with Crippen LogP contribution in [0.1, 0.15) is 71.6 Å². The number of nitrogens with one attached hydrogen (secondary N) is 2. The number of amides is 3. The normalized spacial score (nSPS) is 13.3. The van der Waals surface area contributed by atoms with Gasteiger partial charge in [-0.25, -0.2) is 4.79 Å². The minimum absolute atomic E-state index is 0.0687. The second-order valence-corrected chi connectivity index (χ2v) is 9.49. The van der Waals surface area contributed by atoms with Crippen molar-refractivity contribution in [2.75, 3.05) is 12.3 Å². The van der Waals surface area contributed by atoms with E-state index >= 15 is 0 Å². The van der Waals surface area contributed by atoms with E-state index in [0.29, 0.717) is 6.54 Å². The molecule has 0 aliphatic rings. The Morgan fingerprint density at radius 3 is 2.28 bits per heavy atom. The zero-order valence-electron chi connectivity index (χ0n) is 20.4. The monoisotopic (exact) mass is 465 g/mol. The Bertz CT molecular complexity index is 777. The Hall–Kier alpha value is -2.22. The van der Waals surface area contributed by atoms with Crippen LogP contribution in [0.5, 0.6) is 0 Å². The van der Waals surface area contributed by atoms with Gasteiger partial charge >= 0.3 is 6.09 Å². The summed E-state index contributed by atoms with van der Waals surface area (Å²) in [5, 5.41) is 5.57. The third-order valence-electron chi connectivity index (χ3n) is 4.82. The van der Waals surface area contributed by atoms with Crippen molar-refractivity contribution in [1.82, 2.24) is 15.5 Å². The predicted molar refractivity (Wildman–Crippen MR) is 131 cm³/mol. The smallest absolute Gasteiger partial charge is 0.408 e. The van der Waals surface area contributed by atoms with Gasteiger partial charge in [0.2, 0.25) is 11.8 Å². The summed E-state index contributed by atoms with van der Waals surface area (Å²) >= 11 is 4.28. The Morgan fingerprint density at radius 2 is 1.78 bits per heavy atom. The SMILES string of the molecule is CCCCNC(=O)C(c1ccccc1C)N(C(=O)C(CS)NC(=O)OC(C)(C)C)C(C)C. The summed E-state index contributed by atoms with van der Waals surface area (Å²) in [6.45, 7) is 13.5. The number of carbonyl (C=O) groups is 3. The molecule has 1 aromatic carbocycles. The van der Waals surface area contributed by atoms with Gasteiger partial charge in [-0.2, -0.15) is 12.6 Å². The highest BCUT2D eigenvalue weighted by atomic mass is 32.1. The number of hydrogen-bond acceptors (Lipinski definition) is 5. The van der Waals surface area contributed by atoms with Crippen molar-refractivity contribution in [1.29, 1.82) is 0 Å². The molecule has 3 amide bonds. The van der Waals surface area contributed by atoms with Crippen molar-refractivity contribution in [3.63, 3.8) is 0 Å². The van der Waals surface area contributed by atoms with Crippen LogP contribution in [0.4, 0.5) is 4.79 Å². The highest BCUT2D eigenvalue weighted by Gasteiger charge is 2.37. The van der Waals surface area contributed by atoms with Crippen LogP contribution in [0, 0.1) is 6.92 Å². The molecule has 1 rings (SSSR count). The van der Waals surface area contributed by atoms with Crippen molar-refractivity contribution < 1.29 is 19.1 Å². The third kappa shape index (κ3) is 8.37. The number of benzene rings is 1. The first-order chi connectivity index (χ1) is 14.9. The lowest BCUT2D eigenvalue weighted by Gasteiger charge is -2.37. The Labute approximate surface area is 198 Å². The first-order valence-corrected chi connectivity index (χ1v) is 11.8. The number of nitrogens with zero attached hydrogens (tertiary/aromatic N) is 1. The quantitative estimate of drug-likeness (QED) is 0.360. The predicted octanol–water partition coefficient (Wildman–Crippen LogP) is 4.01. The fourth-order valence-corrected chi connectivity index (χ4v) is 3.54. The van der Waals surface area contributed by atoms with Crippen LogP contribution < -0.4 is 10.6 Å². The summed E-state index contributed by atoms with van der Waals surface area (Å²) in [5.74, 6) is -0.566. The Morgan fingerprint density at radius 1 is 1.16 bits per heavy atom. The molecule has 2 atom stereocenters. The van der Waals surface area contributed by atoms with Crippen LogP contribution in [0.25, 0.3) is 0 Å². The average Bonchev–Trinajstić information content (AvgIpc) is 2.69. The van der Waals surface area contributed by atoms with E-state index in [1.54, 1.807) is 20.8 Å². The molecule has 0 fully saturated rings. The molecule has 0 bridgehead atoms. The van der Waals surface area contributed by atoms with E-state index in [1.165, 1.54) is 4.90 Å². The summed E-state index contributed by atoms with van der Waals surface area (Å²) in [5.41, 5.74) is 0.956. The minimum atomic E-state index is -0.939. The molecule has 0 saturated carbocycles. The van der Waals surface area contributed by atoms with E-state index < -0.39 is 23.8 Å². The van der Waals surface area contributed by atoms with Crippen LogP contribution in [0.15, 0.2) is 24.3 Å². The fraction of sp³-hybridized carbons (Fsp3) is 0.625. The van der Waals surface area contributed by atoms with Crippen LogP contribution in [-0.4, -0.2) is 52.8 Å². The zero-order chi connectivity index (χ0) is 24.5. The lowest BCUT2D eigenvalue weighted by molar-refractivity contribution is -0.144. The first kappa shape index (κ1) is 27.8. The van der Waals surface area contributed by atoms with Crippen LogP contribution in [0.2, 0.25) is 0 Å². The molecule has 2 unspecified atom stereocenters. The lowest BCUT2D eigenvalue weighted by atomic mass is 9.97. The maximum Gasteiger partial charge on any atom is 0.408 e. The first-order valence-electron chi connectivity index (χ1n) is 11.2. The molecule has 1 aromatic rings. The minimum Gasteiger partial charge on any atom is -0.444 e. The van der Waals surface area contributed by atoms with Gasteiger partial charge in [-0.05, 0) is 59.1 Å². The molecule has 0 heterocycles. The van der Waals surface area contributed by atoms with Gasteiger partial charge in [-0.15, -0.1) is 0 Å². The van der Waals surface area contributed by atoms with E-state index in [9.17, 15) is 14.4 Å². The van der Waals surface area contributed by atoms with Gasteiger partial charge in [0.25, 0.3) is 0 Å². The molecule has 0 aliphatic carbocycles. The number of carbonyl (C=O) groups excluding carboxylic acids is 3. The summed E-state index contributed by atoms with van der Waals surface area (Å²) in [7, 11) is 0. The maximum atomic E-state index is 13.6. The van der Waals surface area contributed by atoms with Crippen molar-refractivity contribution in [3.8, 4) is 0 Å². The molecule has 0 aliphatic heterocycles. The Balaban J connectivity index is 3.31. The number of unbranched alkanes of at least 4 members (excludes halogenated alkanes) is 1. The van der Waals surface area contributed by atoms with Gasteiger partial charge in [0.15, 0.2) is 0 Å². The van der Waals surface area contributed by atoms with Crippen molar-refractivity contribution in [2.45, 2.75) is 85.0 Å². The molecule has 2 N–H and O–H groups in total. The van der Waals surface area contributed by atoms with Crippen molar-refractivity contribution in [2.24, 2.45) is 0 Å². The van der Waals surface area contributed by atoms with E-state index in [4.69, 9.17) is 4.74 Å². The highest BCUT2D eigenvalue weighted by Crippen LogP contribution is 2.27. The van der Waals surface area contributed by atoms with Crippen LogP contribution in [-0.2, 0) is 14.3 Å². The molecule has 0 aromatic heterocycles. The summed E-state index contributed by atoms with van der Waals surface area (Å²) in [4.78, 5) is 40.7. The second-order valence-electron chi connectivity index (χ2n) is 9.12. The van der Waals surface area contributed by atoms with E-state index in [-0.39, 0.29) is 23.6 Å². The highest BCUT2D eigenvalue weighted by molar-refractivity contribution is 7.80. The van der Waals surface area contributed by atoms with Crippen LogP contribution >= 0.6 is 12.6 Å². The molecule has 0 spiro atoms. The number of thiol groups is 1. The van der Waals surface area contributed by atoms with Gasteiger partial charge in [0, 0.05) is 18.3 Å². The largest absolute Gasteiger partial charge is 0.444 e. The van der Waals surface area contributed by atoms with Crippen molar-refractivity contribution >= 4 is 30.5 Å². The number of rotatable bonds is 10. The third-order valence-corrected chi connectivity index (χ3v) is 5.19. The van der Waals surface area contributed by atoms with Crippen LogP contribution in [0.3, 0.4) is 0 Å². The topological polar surface area (TPSA) is 87.7 Å². The van der Waals surface area contributed by atoms with Gasteiger partial charge in [0.1, 0.15) is 17.7 Å². The molecule has 7 nitrogen and oxygen atoms in total. The molecule has 0 radical (unpaired) electrons. The van der Waals surface area contributed by atoms with Gasteiger partial charge < -0.3 is 20.3 Å². The summed E-state index contributed by atoms with van der Waals surface area (Å²) < 4.78 is 5.30. The number of hydrogen-bond donors (Lipinski definition) is 3. The van der Waals surface area contributed by atoms with E-state index in [2.05, 4.69) is 30.2 Å². The molecular weight excluding hydrogens is 426 g/mol. The number of alkyl carbamates (subject to hydrolysis) is 1. The zero-order valence-corrected chi connectivity index (χ0v) is 21.3. The second kappa shape index (κ2) is 12.7. The summed E-state index contributed by atoms with van der Waals surface area (Å²) in [6.07, 6.45) is 1.10. The van der Waals surface area contributed by atoms with E-state index in [1.807, 2.05) is 45.0 Å². The fourth-order valence-electron chi connectivity index (χ4n) is 3.29. The maximum absolute atomic E-state index is 13.6. The lowest BCUT2D eigenvalue weighted by Crippen LogP contribution is -2.55. The van der Waals surface area contributed by atoms with E-state index in [0.717, 1.165) is 24.0 Å². The number of ether oxygens (including phenoxy) is 1. The van der Waals surface area contributed by atoms with Crippen molar-refractivity contribution in [3.05, 3.63) is 35.4 Å². The number of aryl methyl sites for hydroxylation is 1. The molecule has 180 valence electrons. The Kier molecular flexibility index (Phi) is 11.1. The average molecular weight is 466 g/mol.